The van der Waals surface area contributed by atoms with Gasteiger partial charge in [-0.1, -0.05) is 6.07 Å². The van der Waals surface area contributed by atoms with Crippen LogP contribution in [0.3, 0.4) is 0 Å². The van der Waals surface area contributed by atoms with Gasteiger partial charge >= 0.3 is 0 Å². The number of hydrogen-bond acceptors (Lipinski definition) is 5. The Morgan fingerprint density at radius 2 is 2.16 bits per heavy atom. The van der Waals surface area contributed by atoms with Crippen LogP contribution in [0, 0.1) is 21.4 Å². The Hall–Kier alpha value is -2.46. The summed E-state index contributed by atoms with van der Waals surface area (Å²) in [5.41, 5.74) is 0.119. The van der Waals surface area contributed by atoms with E-state index in [0.717, 1.165) is 0 Å². The van der Waals surface area contributed by atoms with Crippen LogP contribution in [0.25, 0.3) is 0 Å². The third-order valence-corrected chi connectivity index (χ3v) is 2.83. The fourth-order valence-electron chi connectivity index (χ4n) is 1.33. The molecule has 0 saturated carbocycles. The molecular formula is C12H6BrN3O3. The molecule has 0 fully saturated rings. The zero-order chi connectivity index (χ0) is 13.8. The van der Waals surface area contributed by atoms with Crippen molar-refractivity contribution in [1.82, 2.24) is 4.98 Å². The lowest BCUT2D eigenvalue weighted by molar-refractivity contribution is -0.384. The SMILES string of the molecule is N#Cc1cccc(Oc2cc([N+](=O)[O-])ccc2Br)n1. The Morgan fingerprint density at radius 1 is 1.37 bits per heavy atom. The molecule has 1 aromatic heterocycles. The number of halogens is 1. The summed E-state index contributed by atoms with van der Waals surface area (Å²) in [6, 6.07) is 10.8. The molecule has 0 amide bonds. The summed E-state index contributed by atoms with van der Waals surface area (Å²) in [5.74, 6) is 0.456. The lowest BCUT2D eigenvalue weighted by Crippen LogP contribution is -1.93. The van der Waals surface area contributed by atoms with E-state index in [-0.39, 0.29) is 23.0 Å². The lowest BCUT2D eigenvalue weighted by atomic mass is 10.3. The Morgan fingerprint density at radius 3 is 2.84 bits per heavy atom. The summed E-state index contributed by atoms with van der Waals surface area (Å²) < 4.78 is 5.99. The number of nitriles is 1. The van der Waals surface area contributed by atoms with Crippen molar-refractivity contribution in [3.8, 4) is 17.7 Å². The highest BCUT2D eigenvalue weighted by Gasteiger charge is 2.11. The highest BCUT2D eigenvalue weighted by Crippen LogP contribution is 2.32. The van der Waals surface area contributed by atoms with Gasteiger partial charge in [-0.2, -0.15) is 5.26 Å². The summed E-state index contributed by atoms with van der Waals surface area (Å²) >= 11 is 3.23. The molecule has 0 N–H and O–H groups in total. The molecule has 0 aliphatic heterocycles. The van der Waals surface area contributed by atoms with Crippen LogP contribution in [-0.4, -0.2) is 9.91 Å². The molecule has 6 nitrogen and oxygen atoms in total. The van der Waals surface area contributed by atoms with Crippen LogP contribution in [0.1, 0.15) is 5.69 Å². The maximum Gasteiger partial charge on any atom is 0.273 e. The van der Waals surface area contributed by atoms with Crippen LogP contribution in [0.5, 0.6) is 11.6 Å². The Kier molecular flexibility index (Phi) is 3.73. The lowest BCUT2D eigenvalue weighted by Gasteiger charge is -2.06. The Labute approximate surface area is 116 Å². The third kappa shape index (κ3) is 3.05. The number of nitro benzene ring substituents is 1. The van der Waals surface area contributed by atoms with Crippen molar-refractivity contribution in [3.63, 3.8) is 0 Å². The van der Waals surface area contributed by atoms with Gasteiger partial charge in [0.15, 0.2) is 5.75 Å². The highest BCUT2D eigenvalue weighted by atomic mass is 79.9. The molecule has 2 rings (SSSR count). The van der Waals surface area contributed by atoms with Crippen LogP contribution in [-0.2, 0) is 0 Å². The van der Waals surface area contributed by atoms with E-state index in [4.69, 9.17) is 10.00 Å². The Bertz CT molecular complexity index is 682. The molecule has 0 radical (unpaired) electrons. The first kappa shape index (κ1) is 13.0. The summed E-state index contributed by atoms with van der Waals surface area (Å²) in [6.07, 6.45) is 0. The normalized spacial score (nSPS) is 9.68. The molecule has 0 atom stereocenters. The zero-order valence-electron chi connectivity index (χ0n) is 9.41. The van der Waals surface area contributed by atoms with Crippen molar-refractivity contribution in [1.29, 1.82) is 5.26 Å². The molecule has 0 bridgehead atoms. The first-order valence-corrected chi connectivity index (χ1v) is 5.88. The quantitative estimate of drug-likeness (QED) is 0.638. The molecule has 0 saturated heterocycles. The summed E-state index contributed by atoms with van der Waals surface area (Å²) in [6.45, 7) is 0. The average Bonchev–Trinajstić information content (AvgIpc) is 2.41. The van der Waals surface area contributed by atoms with Crippen molar-refractivity contribution >= 4 is 21.6 Å². The molecule has 7 heteroatoms. The van der Waals surface area contributed by atoms with E-state index in [2.05, 4.69) is 20.9 Å². The first-order chi connectivity index (χ1) is 9.10. The minimum Gasteiger partial charge on any atom is -0.438 e. The van der Waals surface area contributed by atoms with Gasteiger partial charge in [0, 0.05) is 12.1 Å². The van der Waals surface area contributed by atoms with Crippen molar-refractivity contribution < 1.29 is 9.66 Å². The van der Waals surface area contributed by atoms with Gasteiger partial charge in [0.05, 0.1) is 15.5 Å². The number of nitrogens with zero attached hydrogens (tertiary/aromatic N) is 3. The molecule has 1 heterocycles. The van der Waals surface area contributed by atoms with Crippen molar-refractivity contribution in [2.24, 2.45) is 0 Å². The number of hydrogen-bond donors (Lipinski definition) is 0. The summed E-state index contributed by atoms with van der Waals surface area (Å²) in [5, 5.41) is 19.4. The molecule has 19 heavy (non-hydrogen) atoms. The zero-order valence-corrected chi connectivity index (χ0v) is 11.0. The monoisotopic (exact) mass is 319 g/mol. The van der Waals surface area contributed by atoms with Crippen LogP contribution < -0.4 is 4.74 Å². The van der Waals surface area contributed by atoms with Crippen LogP contribution in [0.2, 0.25) is 0 Å². The first-order valence-electron chi connectivity index (χ1n) is 5.09. The molecule has 94 valence electrons. The van der Waals surface area contributed by atoms with E-state index < -0.39 is 4.92 Å². The van der Waals surface area contributed by atoms with E-state index in [1.807, 2.05) is 6.07 Å². The van der Waals surface area contributed by atoms with Crippen molar-refractivity contribution in [2.75, 3.05) is 0 Å². The maximum absolute atomic E-state index is 10.7. The second-order valence-corrected chi connectivity index (χ2v) is 4.30. The van der Waals surface area contributed by atoms with Gasteiger partial charge in [-0.05, 0) is 28.1 Å². The predicted octanol–water partition coefficient (Wildman–Crippen LogP) is 3.42. The average molecular weight is 320 g/mol. The molecule has 0 unspecified atom stereocenters. The number of ether oxygens (including phenoxy) is 1. The Balaban J connectivity index is 2.34. The van der Waals surface area contributed by atoms with E-state index in [1.54, 1.807) is 12.1 Å². The van der Waals surface area contributed by atoms with Crippen molar-refractivity contribution in [2.45, 2.75) is 0 Å². The predicted molar refractivity (Wildman–Crippen MR) is 69.8 cm³/mol. The highest BCUT2D eigenvalue weighted by molar-refractivity contribution is 9.10. The van der Waals surface area contributed by atoms with E-state index in [9.17, 15) is 10.1 Å². The molecule has 1 aromatic carbocycles. The van der Waals surface area contributed by atoms with Gasteiger partial charge in [0.2, 0.25) is 5.88 Å². The fourth-order valence-corrected chi connectivity index (χ4v) is 1.66. The topological polar surface area (TPSA) is 89.0 Å². The summed E-state index contributed by atoms with van der Waals surface area (Å²) in [7, 11) is 0. The molecule has 0 aliphatic carbocycles. The second-order valence-electron chi connectivity index (χ2n) is 3.45. The van der Waals surface area contributed by atoms with Crippen molar-refractivity contribution in [3.05, 3.63) is 56.7 Å². The third-order valence-electron chi connectivity index (χ3n) is 2.18. The molecule has 0 aliphatic rings. The van der Waals surface area contributed by atoms with Gasteiger partial charge < -0.3 is 4.74 Å². The number of rotatable bonds is 3. The van der Waals surface area contributed by atoms with Crippen LogP contribution in [0.15, 0.2) is 40.9 Å². The fraction of sp³-hybridized carbons (Fsp3) is 0. The molecule has 2 aromatic rings. The van der Waals surface area contributed by atoms with Gasteiger partial charge in [-0.25, -0.2) is 4.98 Å². The van der Waals surface area contributed by atoms with E-state index in [1.165, 1.54) is 24.3 Å². The second kappa shape index (κ2) is 5.46. The number of benzene rings is 1. The maximum atomic E-state index is 10.7. The van der Waals surface area contributed by atoms with Gasteiger partial charge in [0.1, 0.15) is 11.8 Å². The smallest absolute Gasteiger partial charge is 0.273 e. The molecule has 0 spiro atoms. The number of aromatic nitrogens is 1. The minimum atomic E-state index is -0.515. The number of pyridine rings is 1. The number of nitro groups is 1. The van der Waals surface area contributed by atoms with Gasteiger partial charge in [-0.15, -0.1) is 0 Å². The minimum absolute atomic E-state index is 0.0883. The van der Waals surface area contributed by atoms with Gasteiger partial charge in [0.25, 0.3) is 5.69 Å². The van der Waals surface area contributed by atoms with E-state index in [0.29, 0.717) is 4.47 Å². The largest absolute Gasteiger partial charge is 0.438 e. The van der Waals surface area contributed by atoms with Gasteiger partial charge in [-0.3, -0.25) is 10.1 Å². The van der Waals surface area contributed by atoms with Crippen LogP contribution in [0.4, 0.5) is 5.69 Å². The summed E-state index contributed by atoms with van der Waals surface area (Å²) in [4.78, 5) is 14.1. The van der Waals surface area contributed by atoms with E-state index >= 15 is 0 Å². The standard InChI is InChI=1S/C12H6BrN3O3/c13-10-5-4-9(16(17)18)6-11(10)19-12-3-1-2-8(7-14)15-12/h1-6H. The van der Waals surface area contributed by atoms with Crippen LogP contribution >= 0.6 is 15.9 Å². The number of non-ortho nitro benzene ring substituents is 1. The molecular weight excluding hydrogens is 314 g/mol.